The van der Waals surface area contributed by atoms with Gasteiger partial charge in [0.1, 0.15) is 12.0 Å². The van der Waals surface area contributed by atoms with Crippen molar-refractivity contribution in [1.29, 1.82) is 0 Å². The number of hydrogen-bond donors (Lipinski definition) is 3. The molecule has 2 amide bonds. The van der Waals surface area contributed by atoms with Crippen LogP contribution in [0, 0.1) is 0 Å². The van der Waals surface area contributed by atoms with E-state index in [0.717, 1.165) is 49.8 Å². The summed E-state index contributed by atoms with van der Waals surface area (Å²) in [6, 6.07) is 3.81. The van der Waals surface area contributed by atoms with Crippen LogP contribution >= 0.6 is 0 Å². The highest BCUT2D eigenvalue weighted by molar-refractivity contribution is 6.10. The van der Waals surface area contributed by atoms with Crippen LogP contribution in [-0.4, -0.2) is 88.1 Å². The number of carbonyl (C=O) groups is 2. The van der Waals surface area contributed by atoms with Crippen LogP contribution in [0.3, 0.4) is 0 Å². The minimum atomic E-state index is -0.601. The van der Waals surface area contributed by atoms with Crippen molar-refractivity contribution in [3.05, 3.63) is 60.8 Å². The predicted molar refractivity (Wildman–Crippen MR) is 150 cm³/mol. The first kappa shape index (κ1) is 27.7. The number of H-pyrrole nitrogens is 1. The number of ether oxygens (including phenoxy) is 2. The largest absolute Gasteiger partial charge is 0.450 e. The summed E-state index contributed by atoms with van der Waals surface area (Å²) in [4.78, 5) is 43.6. The molecule has 3 heterocycles. The Balaban J connectivity index is 1.60. The SMILES string of the molecule is C=C/C=C\N=C(CC)c1cc(-n2cnc(C(=O)NCCN3CCOCC3)c2)cc2[nH]c(NC(=O)OCC)nc12. The van der Waals surface area contributed by atoms with Gasteiger partial charge in [-0.25, -0.2) is 14.8 Å². The van der Waals surface area contributed by atoms with E-state index in [1.54, 1.807) is 42.4 Å². The number of imidazole rings is 2. The molecule has 12 nitrogen and oxygen atoms in total. The van der Waals surface area contributed by atoms with Crippen LogP contribution < -0.4 is 10.6 Å². The molecule has 0 spiro atoms. The normalized spacial score (nSPS) is 14.6. The number of morpholine rings is 1. The van der Waals surface area contributed by atoms with Crippen molar-refractivity contribution in [2.24, 2.45) is 4.99 Å². The number of hydrogen-bond acceptors (Lipinski definition) is 8. The summed E-state index contributed by atoms with van der Waals surface area (Å²) in [5, 5.41) is 5.55. The lowest BCUT2D eigenvalue weighted by Gasteiger charge is -2.26. The van der Waals surface area contributed by atoms with E-state index in [4.69, 9.17) is 9.47 Å². The van der Waals surface area contributed by atoms with Gasteiger partial charge in [-0.2, -0.15) is 0 Å². The molecule has 1 aromatic carbocycles. The van der Waals surface area contributed by atoms with Gasteiger partial charge in [0, 0.05) is 55.5 Å². The van der Waals surface area contributed by atoms with Crippen molar-refractivity contribution in [1.82, 2.24) is 29.7 Å². The van der Waals surface area contributed by atoms with Crippen molar-refractivity contribution in [2.45, 2.75) is 20.3 Å². The average Bonchev–Trinajstić information content (AvgIpc) is 3.59. The molecule has 0 radical (unpaired) electrons. The number of aromatic nitrogens is 4. The second-order valence-corrected chi connectivity index (χ2v) is 8.70. The number of aromatic amines is 1. The van der Waals surface area contributed by atoms with Gasteiger partial charge in [-0.05, 0) is 31.6 Å². The molecule has 39 heavy (non-hydrogen) atoms. The lowest BCUT2D eigenvalue weighted by molar-refractivity contribution is 0.0383. The number of nitrogens with one attached hydrogen (secondary N) is 3. The van der Waals surface area contributed by atoms with E-state index in [-0.39, 0.29) is 18.5 Å². The van der Waals surface area contributed by atoms with Gasteiger partial charge >= 0.3 is 6.09 Å². The zero-order valence-electron chi connectivity index (χ0n) is 22.3. The molecule has 1 aliphatic heterocycles. The first-order chi connectivity index (χ1) is 19.0. The third-order valence-electron chi connectivity index (χ3n) is 6.10. The van der Waals surface area contributed by atoms with Gasteiger partial charge in [0.15, 0.2) is 0 Å². The fraction of sp³-hybridized carbons (Fsp3) is 0.370. The van der Waals surface area contributed by atoms with E-state index in [0.29, 0.717) is 29.7 Å². The topological polar surface area (TPSA) is 139 Å². The number of allylic oxidation sites excluding steroid dienone is 2. The Morgan fingerprint density at radius 1 is 1.28 bits per heavy atom. The van der Waals surface area contributed by atoms with Gasteiger partial charge in [0.2, 0.25) is 5.95 Å². The van der Waals surface area contributed by atoms with Crippen molar-refractivity contribution in [3.63, 3.8) is 0 Å². The molecule has 4 rings (SSSR count). The average molecular weight is 535 g/mol. The zero-order chi connectivity index (χ0) is 27.6. The molecular weight excluding hydrogens is 500 g/mol. The van der Waals surface area contributed by atoms with Crippen molar-refractivity contribution < 1.29 is 19.1 Å². The molecule has 0 unspecified atom stereocenters. The number of fused-ring (bicyclic) bond motifs is 1. The van der Waals surface area contributed by atoms with Crippen LogP contribution in [-0.2, 0) is 9.47 Å². The zero-order valence-corrected chi connectivity index (χ0v) is 22.3. The molecule has 3 N–H and O–H groups in total. The van der Waals surface area contributed by atoms with Gasteiger partial charge in [0.25, 0.3) is 5.91 Å². The van der Waals surface area contributed by atoms with Crippen LogP contribution in [0.5, 0.6) is 0 Å². The number of rotatable bonds is 11. The lowest BCUT2D eigenvalue weighted by Crippen LogP contribution is -2.41. The van der Waals surface area contributed by atoms with Crippen LogP contribution in [0.15, 0.2) is 54.6 Å². The first-order valence-corrected chi connectivity index (χ1v) is 13.0. The number of nitrogens with zero attached hydrogens (tertiary/aromatic N) is 5. The van der Waals surface area contributed by atoms with Crippen molar-refractivity contribution in [3.8, 4) is 5.69 Å². The maximum Gasteiger partial charge on any atom is 0.413 e. The predicted octanol–water partition coefficient (Wildman–Crippen LogP) is 3.28. The van der Waals surface area contributed by atoms with Crippen LogP contribution in [0.2, 0.25) is 0 Å². The Morgan fingerprint density at radius 2 is 2.10 bits per heavy atom. The fourth-order valence-electron chi connectivity index (χ4n) is 4.16. The molecule has 0 bridgehead atoms. The summed E-state index contributed by atoms with van der Waals surface area (Å²) < 4.78 is 12.1. The molecule has 0 atom stereocenters. The second-order valence-electron chi connectivity index (χ2n) is 8.70. The quantitative estimate of drug-likeness (QED) is 0.253. The highest BCUT2D eigenvalue weighted by Crippen LogP contribution is 2.25. The number of aliphatic imine (C=N–C) groups is 1. The maximum absolute atomic E-state index is 12.7. The van der Waals surface area contributed by atoms with E-state index < -0.39 is 6.09 Å². The number of amides is 2. The molecule has 12 heteroatoms. The third-order valence-corrected chi connectivity index (χ3v) is 6.10. The van der Waals surface area contributed by atoms with Crippen LogP contribution in [0.1, 0.15) is 36.3 Å². The molecular formula is C27H34N8O4. The van der Waals surface area contributed by atoms with Gasteiger partial charge < -0.3 is 24.3 Å². The summed E-state index contributed by atoms with van der Waals surface area (Å²) in [5.41, 5.74) is 3.93. The Labute approximate surface area is 226 Å². The first-order valence-electron chi connectivity index (χ1n) is 13.0. The Bertz CT molecular complexity index is 1370. The highest BCUT2D eigenvalue weighted by Gasteiger charge is 2.17. The highest BCUT2D eigenvalue weighted by atomic mass is 16.5. The molecule has 2 aromatic heterocycles. The third kappa shape index (κ3) is 7.18. The minimum Gasteiger partial charge on any atom is -0.450 e. The van der Waals surface area contributed by atoms with Crippen molar-refractivity contribution in [2.75, 3.05) is 51.3 Å². The summed E-state index contributed by atoms with van der Waals surface area (Å²) >= 11 is 0. The molecule has 1 saturated heterocycles. The Kier molecular flexibility index (Phi) is 9.59. The minimum absolute atomic E-state index is 0.240. The number of benzene rings is 1. The maximum atomic E-state index is 12.7. The molecule has 0 aliphatic carbocycles. The fourth-order valence-corrected chi connectivity index (χ4v) is 4.16. The Morgan fingerprint density at radius 3 is 2.85 bits per heavy atom. The van der Waals surface area contributed by atoms with E-state index in [1.807, 2.05) is 19.1 Å². The molecule has 1 aliphatic rings. The molecule has 0 saturated carbocycles. The van der Waals surface area contributed by atoms with Crippen LogP contribution in [0.4, 0.5) is 10.7 Å². The second kappa shape index (κ2) is 13.5. The molecule has 206 valence electrons. The van der Waals surface area contributed by atoms with Gasteiger partial charge in [-0.15, -0.1) is 0 Å². The van der Waals surface area contributed by atoms with Crippen molar-refractivity contribution >= 4 is 34.7 Å². The van der Waals surface area contributed by atoms with Gasteiger partial charge in [-0.3, -0.25) is 20.0 Å². The van der Waals surface area contributed by atoms with E-state index >= 15 is 0 Å². The van der Waals surface area contributed by atoms with Gasteiger partial charge in [-0.1, -0.05) is 19.6 Å². The standard InChI is InChI=1S/C27H34N8O4/c1-4-7-8-28-21(5-2)20-15-19(16-22-24(20)32-26(31-22)33-27(37)39-6-3)35-17-23(30-18-35)25(36)29-9-10-34-11-13-38-14-12-34/h4,7-8,15-18H,1,5-6,9-14H2,2-3H3,(H,29,36)(H2,31,32,33,37)/b8-7-,28-21?. The summed E-state index contributed by atoms with van der Waals surface area (Å²) in [6.45, 7) is 12.1. The van der Waals surface area contributed by atoms with E-state index in [9.17, 15) is 9.59 Å². The summed E-state index contributed by atoms with van der Waals surface area (Å²) in [6.07, 6.45) is 8.38. The molecule has 3 aromatic rings. The summed E-state index contributed by atoms with van der Waals surface area (Å²) in [5.74, 6) is 0.0149. The van der Waals surface area contributed by atoms with Crippen LogP contribution in [0.25, 0.3) is 16.7 Å². The number of carbonyl (C=O) groups excluding carboxylic acids is 2. The smallest absolute Gasteiger partial charge is 0.413 e. The summed E-state index contributed by atoms with van der Waals surface area (Å²) in [7, 11) is 0. The lowest BCUT2D eigenvalue weighted by atomic mass is 10.0. The molecule has 1 fully saturated rings. The van der Waals surface area contributed by atoms with Gasteiger partial charge in [0.05, 0.1) is 30.9 Å². The van der Waals surface area contributed by atoms with E-state index in [1.165, 1.54) is 0 Å². The Hall–Kier alpha value is -4.29. The monoisotopic (exact) mass is 534 g/mol. The number of anilines is 1. The van der Waals surface area contributed by atoms with E-state index in [2.05, 4.69) is 42.1 Å².